The molecule has 0 radical (unpaired) electrons. The molecule has 2 rings (SSSR count). The molecule has 2 unspecified atom stereocenters. The molecule has 0 spiro atoms. The van der Waals surface area contributed by atoms with Gasteiger partial charge in [-0.25, -0.2) is 13.1 Å². The van der Waals surface area contributed by atoms with Crippen LogP contribution in [0.5, 0.6) is 0 Å². The van der Waals surface area contributed by atoms with Crippen molar-refractivity contribution in [2.45, 2.75) is 35.3 Å². The predicted molar refractivity (Wildman–Crippen MR) is 76.1 cm³/mol. The summed E-state index contributed by atoms with van der Waals surface area (Å²) < 4.78 is 27.3. The minimum Gasteiger partial charge on any atom is -0.210 e. The van der Waals surface area contributed by atoms with Crippen LogP contribution in [-0.4, -0.2) is 20.3 Å². The molecule has 2 atom stereocenters. The molecule has 1 aliphatic rings. The first-order chi connectivity index (χ1) is 8.47. The molecule has 0 aliphatic heterocycles. The molecule has 18 heavy (non-hydrogen) atoms. The van der Waals surface area contributed by atoms with Gasteiger partial charge in [-0.1, -0.05) is 18.0 Å². The number of rotatable bonds is 4. The monoisotopic (exact) mass is 327 g/mol. The third-order valence-electron chi connectivity index (χ3n) is 3.09. The molecule has 1 fully saturated rings. The quantitative estimate of drug-likeness (QED) is 0.860. The minimum absolute atomic E-state index is 0.185. The number of halogens is 2. The van der Waals surface area contributed by atoms with E-state index in [0.717, 1.165) is 37.0 Å². The summed E-state index contributed by atoms with van der Waals surface area (Å²) in [4.78, 5) is 0. The van der Waals surface area contributed by atoms with Gasteiger partial charge in [-0.3, -0.25) is 0 Å². The van der Waals surface area contributed by atoms with Gasteiger partial charge < -0.3 is 0 Å². The van der Waals surface area contributed by atoms with Crippen molar-refractivity contribution in [3.05, 3.63) is 16.5 Å². The summed E-state index contributed by atoms with van der Waals surface area (Å²) in [5.74, 6) is 0.339. The van der Waals surface area contributed by atoms with Gasteiger partial charge in [-0.05, 0) is 37.3 Å². The maximum Gasteiger partial charge on any atom is 0.250 e. The summed E-state index contributed by atoms with van der Waals surface area (Å²) in [5, 5.41) is 0.185. The van der Waals surface area contributed by atoms with E-state index in [9.17, 15) is 8.42 Å². The summed E-state index contributed by atoms with van der Waals surface area (Å²) in [6, 6.07) is 3.12. The van der Waals surface area contributed by atoms with E-state index in [0.29, 0.717) is 16.8 Å². The van der Waals surface area contributed by atoms with Crippen LogP contribution in [0.25, 0.3) is 0 Å². The van der Waals surface area contributed by atoms with Gasteiger partial charge in [0.1, 0.15) is 4.21 Å². The molecule has 1 heterocycles. The van der Waals surface area contributed by atoms with E-state index in [1.54, 1.807) is 6.07 Å². The number of sulfonamides is 1. The molecule has 7 heteroatoms. The van der Waals surface area contributed by atoms with Gasteiger partial charge in [-0.15, -0.1) is 22.9 Å². The standard InChI is InChI=1S/C11H15Cl2NO2S2/c12-9-3-1-2-8(6-9)7-14-18(15,16)11-5-4-10(13)17-11/h4-5,8-9,14H,1-3,6-7H2. The fourth-order valence-electron chi connectivity index (χ4n) is 2.15. The molecule has 0 bridgehead atoms. The molecular weight excluding hydrogens is 313 g/mol. The number of alkyl halides is 1. The average molecular weight is 328 g/mol. The maximum absolute atomic E-state index is 12.0. The third-order valence-corrected chi connectivity index (χ3v) is 6.64. The fraction of sp³-hybridized carbons (Fsp3) is 0.636. The van der Waals surface area contributed by atoms with Crippen LogP contribution >= 0.6 is 34.5 Å². The Morgan fingerprint density at radius 3 is 2.78 bits per heavy atom. The Bertz CT molecular complexity index is 501. The zero-order valence-electron chi connectivity index (χ0n) is 9.73. The van der Waals surface area contributed by atoms with Gasteiger partial charge in [0.25, 0.3) is 0 Å². The zero-order chi connectivity index (χ0) is 13.2. The van der Waals surface area contributed by atoms with Crippen molar-refractivity contribution in [3.8, 4) is 0 Å². The largest absolute Gasteiger partial charge is 0.250 e. The first-order valence-corrected chi connectivity index (χ1v) is 8.98. The highest BCUT2D eigenvalue weighted by Crippen LogP contribution is 2.28. The van der Waals surface area contributed by atoms with E-state index in [1.165, 1.54) is 6.07 Å². The predicted octanol–water partition coefficient (Wildman–Crippen LogP) is 3.48. The van der Waals surface area contributed by atoms with Crippen LogP contribution in [0.1, 0.15) is 25.7 Å². The van der Waals surface area contributed by atoms with Crippen molar-refractivity contribution in [1.29, 1.82) is 0 Å². The van der Waals surface area contributed by atoms with Crippen LogP contribution < -0.4 is 4.72 Å². The Balaban J connectivity index is 1.93. The van der Waals surface area contributed by atoms with E-state index in [4.69, 9.17) is 23.2 Å². The fourth-order valence-corrected chi connectivity index (χ4v) is 5.20. The van der Waals surface area contributed by atoms with Crippen molar-refractivity contribution in [2.75, 3.05) is 6.54 Å². The number of hydrogen-bond acceptors (Lipinski definition) is 3. The van der Waals surface area contributed by atoms with Crippen LogP contribution in [0.3, 0.4) is 0 Å². The van der Waals surface area contributed by atoms with E-state index < -0.39 is 10.0 Å². The van der Waals surface area contributed by atoms with Crippen LogP contribution in [0.2, 0.25) is 4.34 Å². The van der Waals surface area contributed by atoms with Gasteiger partial charge in [0.15, 0.2) is 0 Å². The Labute approximate surface area is 122 Å². The van der Waals surface area contributed by atoms with E-state index in [2.05, 4.69) is 4.72 Å². The Morgan fingerprint density at radius 1 is 1.39 bits per heavy atom. The van der Waals surface area contributed by atoms with Crippen LogP contribution in [0.15, 0.2) is 16.3 Å². The van der Waals surface area contributed by atoms with Gasteiger partial charge in [0.2, 0.25) is 10.0 Å². The number of hydrogen-bond donors (Lipinski definition) is 1. The molecule has 1 saturated carbocycles. The van der Waals surface area contributed by atoms with Crippen LogP contribution in [0.4, 0.5) is 0 Å². The lowest BCUT2D eigenvalue weighted by Crippen LogP contribution is -2.31. The van der Waals surface area contributed by atoms with Crippen molar-refractivity contribution < 1.29 is 8.42 Å². The first-order valence-electron chi connectivity index (χ1n) is 5.86. The molecule has 1 aromatic rings. The zero-order valence-corrected chi connectivity index (χ0v) is 12.9. The van der Waals surface area contributed by atoms with Gasteiger partial charge in [0.05, 0.1) is 4.34 Å². The summed E-state index contributed by atoms with van der Waals surface area (Å²) in [7, 11) is -3.42. The second-order valence-corrected chi connectivity index (χ2v) is 8.87. The lowest BCUT2D eigenvalue weighted by Gasteiger charge is -2.25. The normalized spacial score (nSPS) is 25.2. The minimum atomic E-state index is -3.42. The van der Waals surface area contributed by atoms with Crippen molar-refractivity contribution in [1.82, 2.24) is 4.72 Å². The lowest BCUT2D eigenvalue weighted by molar-refractivity contribution is 0.362. The summed E-state index contributed by atoms with van der Waals surface area (Å²) in [6.45, 7) is 0.459. The molecule has 3 nitrogen and oxygen atoms in total. The molecule has 1 aliphatic carbocycles. The van der Waals surface area contributed by atoms with Crippen molar-refractivity contribution in [2.24, 2.45) is 5.92 Å². The summed E-state index contributed by atoms with van der Waals surface area (Å²) in [5.41, 5.74) is 0. The van der Waals surface area contributed by atoms with Gasteiger partial charge >= 0.3 is 0 Å². The first kappa shape index (κ1) is 14.6. The highest BCUT2D eigenvalue weighted by atomic mass is 35.5. The lowest BCUT2D eigenvalue weighted by atomic mass is 9.89. The topological polar surface area (TPSA) is 46.2 Å². The second kappa shape index (κ2) is 6.09. The van der Waals surface area contributed by atoms with Crippen LogP contribution in [-0.2, 0) is 10.0 Å². The average Bonchev–Trinajstić information content (AvgIpc) is 2.74. The van der Waals surface area contributed by atoms with Crippen LogP contribution in [0, 0.1) is 5.92 Å². The second-order valence-electron chi connectivity index (χ2n) is 4.54. The molecule has 0 aromatic carbocycles. The SMILES string of the molecule is O=S(=O)(NCC1CCCC(Cl)C1)c1ccc(Cl)s1. The molecular formula is C11H15Cl2NO2S2. The van der Waals surface area contributed by atoms with Gasteiger partial charge in [0, 0.05) is 11.9 Å². The summed E-state index contributed by atoms with van der Waals surface area (Å²) >= 11 is 12.9. The molecule has 1 N–H and O–H groups in total. The third kappa shape index (κ3) is 3.84. The summed E-state index contributed by atoms with van der Waals surface area (Å²) in [6.07, 6.45) is 4.03. The van der Waals surface area contributed by atoms with E-state index in [-0.39, 0.29) is 9.59 Å². The number of thiophene rings is 1. The van der Waals surface area contributed by atoms with E-state index in [1.807, 2.05) is 0 Å². The van der Waals surface area contributed by atoms with Gasteiger partial charge in [-0.2, -0.15) is 0 Å². The molecule has 0 saturated heterocycles. The highest BCUT2D eigenvalue weighted by Gasteiger charge is 2.23. The van der Waals surface area contributed by atoms with E-state index >= 15 is 0 Å². The maximum atomic E-state index is 12.0. The molecule has 0 amide bonds. The van der Waals surface area contributed by atoms with Crippen molar-refractivity contribution in [3.63, 3.8) is 0 Å². The Hall–Kier alpha value is 0.190. The number of nitrogens with one attached hydrogen (secondary N) is 1. The molecule has 1 aromatic heterocycles. The Morgan fingerprint density at radius 2 is 2.17 bits per heavy atom. The highest BCUT2D eigenvalue weighted by molar-refractivity contribution is 7.91. The smallest absolute Gasteiger partial charge is 0.210 e. The molecule has 102 valence electrons. The Kier molecular flexibility index (Phi) is 4.94. The van der Waals surface area contributed by atoms with Crippen molar-refractivity contribution >= 4 is 44.6 Å².